The van der Waals surface area contributed by atoms with Crippen molar-refractivity contribution in [3.05, 3.63) is 82.4 Å². The Hall–Kier alpha value is -2.19. The molecule has 0 aliphatic rings. The van der Waals surface area contributed by atoms with Crippen molar-refractivity contribution in [2.24, 2.45) is 0 Å². The first kappa shape index (κ1) is 14.2. The lowest BCUT2D eigenvalue weighted by Gasteiger charge is -2.10. The molecule has 0 atom stereocenters. The quantitative estimate of drug-likeness (QED) is 0.621. The number of allylic oxidation sites excluding steroid dienone is 1. The Morgan fingerprint density at radius 2 is 1.70 bits per heavy atom. The van der Waals surface area contributed by atoms with Crippen molar-refractivity contribution in [2.45, 2.75) is 6.92 Å². The summed E-state index contributed by atoms with van der Waals surface area (Å²) in [5.41, 5.74) is 1.86. The fourth-order valence-electron chi connectivity index (χ4n) is 2.08. The van der Waals surface area contributed by atoms with Gasteiger partial charge in [-0.3, -0.25) is 9.59 Å². The molecule has 0 bridgehead atoms. The normalized spacial score (nSPS) is 10.1. The molecular formula is C17H13ClO2. The third-order valence-electron chi connectivity index (χ3n) is 3.07. The highest BCUT2D eigenvalue weighted by molar-refractivity contribution is 6.35. The Bertz CT molecular complexity index is 702. The molecule has 3 heteroatoms. The van der Waals surface area contributed by atoms with E-state index in [4.69, 9.17) is 11.6 Å². The van der Waals surface area contributed by atoms with Crippen molar-refractivity contribution in [1.29, 1.82) is 0 Å². The second kappa shape index (κ2) is 5.85. The highest BCUT2D eigenvalue weighted by Crippen LogP contribution is 2.23. The van der Waals surface area contributed by atoms with E-state index in [2.05, 4.69) is 6.58 Å². The number of benzene rings is 2. The van der Waals surface area contributed by atoms with Crippen LogP contribution in [0.25, 0.3) is 0 Å². The predicted octanol–water partition coefficient (Wildman–Crippen LogP) is 4.25. The van der Waals surface area contributed by atoms with E-state index in [0.29, 0.717) is 21.7 Å². The molecule has 0 spiro atoms. The van der Waals surface area contributed by atoms with Crippen molar-refractivity contribution < 1.29 is 9.59 Å². The minimum Gasteiger partial charge on any atom is -0.289 e. The van der Waals surface area contributed by atoms with Crippen LogP contribution in [0.2, 0.25) is 5.02 Å². The van der Waals surface area contributed by atoms with E-state index in [-0.39, 0.29) is 11.6 Å². The van der Waals surface area contributed by atoms with E-state index in [1.165, 1.54) is 6.08 Å². The van der Waals surface area contributed by atoms with Gasteiger partial charge in [-0.15, -0.1) is 0 Å². The van der Waals surface area contributed by atoms with E-state index in [9.17, 15) is 9.59 Å². The summed E-state index contributed by atoms with van der Waals surface area (Å²) in [7, 11) is 0. The van der Waals surface area contributed by atoms with Gasteiger partial charge in [0.05, 0.1) is 5.02 Å². The number of rotatable bonds is 4. The van der Waals surface area contributed by atoms with Gasteiger partial charge < -0.3 is 0 Å². The number of ketones is 2. The van der Waals surface area contributed by atoms with Crippen LogP contribution in [0.5, 0.6) is 0 Å². The van der Waals surface area contributed by atoms with Crippen LogP contribution in [0.1, 0.15) is 31.8 Å². The van der Waals surface area contributed by atoms with Gasteiger partial charge in [-0.05, 0) is 30.7 Å². The zero-order valence-electron chi connectivity index (χ0n) is 11.0. The Morgan fingerprint density at radius 1 is 1.05 bits per heavy atom. The molecule has 0 saturated carbocycles. The van der Waals surface area contributed by atoms with Gasteiger partial charge >= 0.3 is 0 Å². The average Bonchev–Trinajstić information content (AvgIpc) is 2.46. The van der Waals surface area contributed by atoms with Gasteiger partial charge in [0.2, 0.25) is 0 Å². The molecule has 2 aromatic carbocycles. The van der Waals surface area contributed by atoms with Crippen molar-refractivity contribution >= 4 is 23.2 Å². The molecule has 2 rings (SSSR count). The molecule has 0 aliphatic heterocycles. The Balaban J connectivity index is 2.62. The lowest BCUT2D eigenvalue weighted by Crippen LogP contribution is -2.11. The molecule has 0 aliphatic carbocycles. The van der Waals surface area contributed by atoms with Gasteiger partial charge in [0, 0.05) is 16.7 Å². The van der Waals surface area contributed by atoms with Crippen molar-refractivity contribution in [2.75, 3.05) is 0 Å². The molecule has 2 nitrogen and oxygen atoms in total. The first-order valence-electron chi connectivity index (χ1n) is 6.12. The van der Waals surface area contributed by atoms with Crippen LogP contribution in [0, 0.1) is 6.92 Å². The largest absolute Gasteiger partial charge is 0.289 e. The molecular weight excluding hydrogens is 272 g/mol. The number of carbonyl (C=O) groups excluding carboxylic acids is 2. The van der Waals surface area contributed by atoms with Crippen molar-refractivity contribution in [3.63, 3.8) is 0 Å². The van der Waals surface area contributed by atoms with Crippen molar-refractivity contribution in [3.8, 4) is 0 Å². The zero-order chi connectivity index (χ0) is 14.7. The van der Waals surface area contributed by atoms with Crippen LogP contribution < -0.4 is 0 Å². The minimum absolute atomic E-state index is 0.260. The van der Waals surface area contributed by atoms with Crippen LogP contribution in [-0.2, 0) is 0 Å². The minimum atomic E-state index is -0.265. The highest BCUT2D eigenvalue weighted by atomic mass is 35.5. The molecule has 0 unspecified atom stereocenters. The predicted molar refractivity (Wildman–Crippen MR) is 80.6 cm³/mol. The van der Waals surface area contributed by atoms with Crippen LogP contribution >= 0.6 is 11.6 Å². The number of aryl methyl sites for hydroxylation is 1. The van der Waals surface area contributed by atoms with Crippen molar-refractivity contribution in [1.82, 2.24) is 0 Å². The second-order valence-electron chi connectivity index (χ2n) is 4.37. The molecule has 2 aromatic rings. The zero-order valence-corrected chi connectivity index (χ0v) is 11.8. The second-order valence-corrected chi connectivity index (χ2v) is 4.78. The average molecular weight is 285 g/mol. The van der Waals surface area contributed by atoms with E-state index >= 15 is 0 Å². The number of carbonyl (C=O) groups is 2. The van der Waals surface area contributed by atoms with E-state index in [1.807, 2.05) is 0 Å². The molecule has 0 amide bonds. The third-order valence-corrected chi connectivity index (χ3v) is 3.40. The summed E-state index contributed by atoms with van der Waals surface area (Å²) in [6.45, 7) is 5.27. The lowest BCUT2D eigenvalue weighted by molar-refractivity contribution is 0.101. The van der Waals surface area contributed by atoms with Gasteiger partial charge in [-0.2, -0.15) is 0 Å². The molecule has 0 heterocycles. The summed E-state index contributed by atoms with van der Waals surface area (Å²) in [4.78, 5) is 24.6. The maximum Gasteiger partial charge on any atom is 0.195 e. The topological polar surface area (TPSA) is 34.1 Å². The molecule has 100 valence electrons. The third kappa shape index (κ3) is 2.56. The number of hydrogen-bond donors (Lipinski definition) is 0. The standard InChI is InChI=1S/C17H13ClO2/c1-3-15(19)16-11(2)7-6-9-13(16)17(20)12-8-4-5-10-14(12)18/h3-10H,1H2,2H3. The van der Waals surface area contributed by atoms with Gasteiger partial charge in [0.15, 0.2) is 11.6 Å². The monoisotopic (exact) mass is 284 g/mol. The maximum atomic E-state index is 12.6. The highest BCUT2D eigenvalue weighted by Gasteiger charge is 2.20. The van der Waals surface area contributed by atoms with Gasteiger partial charge in [0.25, 0.3) is 0 Å². The van der Waals surface area contributed by atoms with E-state index in [1.54, 1.807) is 49.4 Å². The first-order valence-corrected chi connectivity index (χ1v) is 6.49. The van der Waals surface area contributed by atoms with Crippen LogP contribution in [0.4, 0.5) is 0 Å². The maximum absolute atomic E-state index is 12.6. The smallest absolute Gasteiger partial charge is 0.195 e. The number of halogens is 1. The molecule has 0 N–H and O–H groups in total. The summed E-state index contributed by atoms with van der Waals surface area (Å²) in [6, 6.07) is 12.0. The van der Waals surface area contributed by atoms with Gasteiger partial charge in [0.1, 0.15) is 0 Å². The lowest BCUT2D eigenvalue weighted by atomic mass is 9.92. The van der Waals surface area contributed by atoms with Crippen LogP contribution in [-0.4, -0.2) is 11.6 Å². The Morgan fingerprint density at radius 3 is 2.35 bits per heavy atom. The Labute approximate surface area is 122 Å². The molecule has 0 radical (unpaired) electrons. The fraction of sp³-hybridized carbons (Fsp3) is 0.0588. The van der Waals surface area contributed by atoms with Gasteiger partial charge in [-0.25, -0.2) is 0 Å². The van der Waals surface area contributed by atoms with Gasteiger partial charge in [-0.1, -0.05) is 48.5 Å². The summed E-state index contributed by atoms with van der Waals surface area (Å²) in [6.07, 6.45) is 1.21. The van der Waals surface area contributed by atoms with E-state index < -0.39 is 0 Å². The van der Waals surface area contributed by atoms with Crippen LogP contribution in [0.15, 0.2) is 55.1 Å². The summed E-state index contributed by atoms with van der Waals surface area (Å²) in [5, 5.41) is 0.371. The molecule has 0 aromatic heterocycles. The summed E-state index contributed by atoms with van der Waals surface area (Å²) >= 11 is 6.05. The van der Waals surface area contributed by atoms with Crippen LogP contribution in [0.3, 0.4) is 0 Å². The molecule has 0 saturated heterocycles. The number of hydrogen-bond acceptors (Lipinski definition) is 2. The molecule has 20 heavy (non-hydrogen) atoms. The summed E-state index contributed by atoms with van der Waals surface area (Å²) in [5.74, 6) is -0.525. The fourth-order valence-corrected chi connectivity index (χ4v) is 2.30. The summed E-state index contributed by atoms with van der Waals surface area (Å²) < 4.78 is 0. The van der Waals surface area contributed by atoms with E-state index in [0.717, 1.165) is 5.56 Å². The SMILES string of the molecule is C=CC(=O)c1c(C)cccc1C(=O)c1ccccc1Cl. The first-order chi connectivity index (χ1) is 9.56. The molecule has 0 fully saturated rings. The Kier molecular flexibility index (Phi) is 4.16.